The molecule has 0 heterocycles. The highest BCUT2D eigenvalue weighted by Gasteiger charge is 2.08. The Morgan fingerprint density at radius 2 is 1.65 bits per heavy atom. The number of aryl methyl sites for hydroxylation is 1. The molecule has 0 bridgehead atoms. The van der Waals surface area contributed by atoms with Crippen LogP contribution < -0.4 is 4.74 Å². The van der Waals surface area contributed by atoms with Gasteiger partial charge in [-0.3, -0.25) is 0 Å². The van der Waals surface area contributed by atoms with Crippen LogP contribution in [0.4, 0.5) is 0 Å². The summed E-state index contributed by atoms with van der Waals surface area (Å²) in [5, 5.41) is 9.17. The van der Waals surface area contributed by atoms with Crippen molar-refractivity contribution in [3.8, 4) is 22.9 Å². The molecule has 2 nitrogen and oxygen atoms in total. The standard InChI is InChI=1S/C21H17NO/c1-16-11-18(14-22)13-19(12-16)20-9-5-6-10-21(20)23-15-17-7-3-2-4-8-17/h2-13H,15H2,1H3. The highest BCUT2D eigenvalue weighted by molar-refractivity contribution is 5.72. The third kappa shape index (κ3) is 3.59. The molecule has 3 rings (SSSR count). The summed E-state index contributed by atoms with van der Waals surface area (Å²) in [7, 11) is 0. The maximum atomic E-state index is 9.17. The fourth-order valence-corrected chi connectivity index (χ4v) is 2.57. The summed E-state index contributed by atoms with van der Waals surface area (Å²) in [6, 6.07) is 26.1. The van der Waals surface area contributed by atoms with E-state index in [4.69, 9.17) is 4.74 Å². The zero-order valence-corrected chi connectivity index (χ0v) is 13.0. The third-order valence-electron chi connectivity index (χ3n) is 3.64. The van der Waals surface area contributed by atoms with Crippen molar-refractivity contribution in [1.82, 2.24) is 0 Å². The average Bonchev–Trinajstić information content (AvgIpc) is 2.60. The van der Waals surface area contributed by atoms with E-state index in [0.717, 1.165) is 28.0 Å². The molecule has 0 saturated carbocycles. The Bertz CT molecular complexity index is 847. The Balaban J connectivity index is 1.92. The van der Waals surface area contributed by atoms with E-state index in [1.807, 2.05) is 73.7 Å². The normalized spacial score (nSPS) is 10.1. The zero-order chi connectivity index (χ0) is 16.1. The van der Waals surface area contributed by atoms with Gasteiger partial charge in [-0.15, -0.1) is 0 Å². The van der Waals surface area contributed by atoms with Gasteiger partial charge in [-0.1, -0.05) is 54.6 Å². The Morgan fingerprint density at radius 3 is 2.43 bits per heavy atom. The number of hydrogen-bond donors (Lipinski definition) is 0. The molecule has 0 radical (unpaired) electrons. The van der Waals surface area contributed by atoms with Gasteiger partial charge in [0, 0.05) is 5.56 Å². The SMILES string of the molecule is Cc1cc(C#N)cc(-c2ccccc2OCc2ccccc2)c1. The molecule has 3 aromatic carbocycles. The average molecular weight is 299 g/mol. The van der Waals surface area contributed by atoms with Gasteiger partial charge >= 0.3 is 0 Å². The van der Waals surface area contributed by atoms with E-state index in [1.54, 1.807) is 0 Å². The highest BCUT2D eigenvalue weighted by Crippen LogP contribution is 2.31. The molecule has 0 N–H and O–H groups in total. The van der Waals surface area contributed by atoms with Gasteiger partial charge in [0.2, 0.25) is 0 Å². The quantitative estimate of drug-likeness (QED) is 0.670. The first-order chi connectivity index (χ1) is 11.3. The van der Waals surface area contributed by atoms with Crippen LogP contribution in [0.1, 0.15) is 16.7 Å². The topological polar surface area (TPSA) is 33.0 Å². The number of hydrogen-bond acceptors (Lipinski definition) is 2. The maximum absolute atomic E-state index is 9.17. The lowest BCUT2D eigenvalue weighted by Gasteiger charge is -2.12. The van der Waals surface area contributed by atoms with E-state index >= 15 is 0 Å². The number of rotatable bonds is 4. The van der Waals surface area contributed by atoms with Crippen molar-refractivity contribution in [2.45, 2.75) is 13.5 Å². The van der Waals surface area contributed by atoms with Crippen LogP contribution in [-0.2, 0) is 6.61 Å². The van der Waals surface area contributed by atoms with Crippen LogP contribution in [0.5, 0.6) is 5.75 Å². The Morgan fingerprint density at radius 1 is 0.913 bits per heavy atom. The summed E-state index contributed by atoms with van der Waals surface area (Å²) in [4.78, 5) is 0. The molecule has 0 aliphatic carbocycles. The molecule has 0 amide bonds. The second-order valence-electron chi connectivity index (χ2n) is 5.47. The van der Waals surface area contributed by atoms with E-state index in [2.05, 4.69) is 12.1 Å². The fourth-order valence-electron chi connectivity index (χ4n) is 2.57. The molecule has 112 valence electrons. The van der Waals surface area contributed by atoms with Crippen molar-refractivity contribution in [3.05, 3.63) is 89.5 Å². The van der Waals surface area contributed by atoms with Crippen LogP contribution in [0.25, 0.3) is 11.1 Å². The zero-order valence-electron chi connectivity index (χ0n) is 13.0. The van der Waals surface area contributed by atoms with E-state index < -0.39 is 0 Å². The van der Waals surface area contributed by atoms with Gasteiger partial charge in [-0.2, -0.15) is 5.26 Å². The largest absolute Gasteiger partial charge is 0.488 e. The number of benzene rings is 3. The molecule has 0 aliphatic heterocycles. The minimum atomic E-state index is 0.523. The molecule has 0 saturated heterocycles. The minimum absolute atomic E-state index is 0.523. The van der Waals surface area contributed by atoms with E-state index in [0.29, 0.717) is 12.2 Å². The third-order valence-corrected chi connectivity index (χ3v) is 3.64. The lowest BCUT2D eigenvalue weighted by molar-refractivity contribution is 0.307. The van der Waals surface area contributed by atoms with Crippen LogP contribution in [0.3, 0.4) is 0 Å². The van der Waals surface area contributed by atoms with Crippen molar-refractivity contribution < 1.29 is 4.74 Å². The van der Waals surface area contributed by atoms with Gasteiger partial charge in [-0.05, 0) is 41.8 Å². The molecule has 0 aromatic heterocycles. The first-order valence-corrected chi connectivity index (χ1v) is 7.54. The number of nitriles is 1. The molecular weight excluding hydrogens is 282 g/mol. The second kappa shape index (κ2) is 6.81. The van der Waals surface area contributed by atoms with Gasteiger partial charge in [0.1, 0.15) is 12.4 Å². The monoisotopic (exact) mass is 299 g/mol. The molecular formula is C21H17NO. The minimum Gasteiger partial charge on any atom is -0.488 e. The summed E-state index contributed by atoms with van der Waals surface area (Å²) >= 11 is 0. The molecule has 3 aromatic rings. The summed E-state index contributed by atoms with van der Waals surface area (Å²) in [5.74, 6) is 0.825. The van der Waals surface area contributed by atoms with E-state index in [1.165, 1.54) is 0 Å². The predicted molar refractivity (Wildman–Crippen MR) is 92.1 cm³/mol. The first-order valence-electron chi connectivity index (χ1n) is 7.54. The second-order valence-corrected chi connectivity index (χ2v) is 5.47. The van der Waals surface area contributed by atoms with Crippen LogP contribution in [-0.4, -0.2) is 0 Å². The van der Waals surface area contributed by atoms with Gasteiger partial charge < -0.3 is 4.74 Å². The number of ether oxygens (including phenoxy) is 1. The Labute approximate surface area is 136 Å². The van der Waals surface area contributed by atoms with Gasteiger partial charge in [0.15, 0.2) is 0 Å². The Kier molecular flexibility index (Phi) is 4.40. The molecule has 0 atom stereocenters. The van der Waals surface area contributed by atoms with Crippen molar-refractivity contribution >= 4 is 0 Å². The number of nitrogens with zero attached hydrogens (tertiary/aromatic N) is 1. The van der Waals surface area contributed by atoms with Crippen molar-refractivity contribution in [1.29, 1.82) is 5.26 Å². The van der Waals surface area contributed by atoms with Crippen LogP contribution in [0, 0.1) is 18.3 Å². The van der Waals surface area contributed by atoms with E-state index in [9.17, 15) is 5.26 Å². The summed E-state index contributed by atoms with van der Waals surface area (Å²) in [5.41, 5.74) is 4.87. The molecule has 0 fully saturated rings. The van der Waals surface area contributed by atoms with Crippen molar-refractivity contribution in [3.63, 3.8) is 0 Å². The molecule has 0 unspecified atom stereocenters. The summed E-state index contributed by atoms with van der Waals surface area (Å²) < 4.78 is 6.01. The van der Waals surface area contributed by atoms with Crippen molar-refractivity contribution in [2.24, 2.45) is 0 Å². The Hall–Kier alpha value is -3.05. The molecule has 0 spiro atoms. The lowest BCUT2D eigenvalue weighted by Crippen LogP contribution is -1.97. The van der Waals surface area contributed by atoms with Gasteiger partial charge in [0.05, 0.1) is 11.6 Å². The molecule has 2 heteroatoms. The lowest BCUT2D eigenvalue weighted by atomic mass is 10.00. The summed E-state index contributed by atoms with van der Waals surface area (Å²) in [6.45, 7) is 2.52. The van der Waals surface area contributed by atoms with Crippen LogP contribution in [0.2, 0.25) is 0 Å². The highest BCUT2D eigenvalue weighted by atomic mass is 16.5. The maximum Gasteiger partial charge on any atom is 0.127 e. The first kappa shape index (κ1) is 14.9. The summed E-state index contributed by atoms with van der Waals surface area (Å²) in [6.07, 6.45) is 0. The molecule has 23 heavy (non-hydrogen) atoms. The fraction of sp³-hybridized carbons (Fsp3) is 0.0952. The van der Waals surface area contributed by atoms with E-state index in [-0.39, 0.29) is 0 Å². The smallest absolute Gasteiger partial charge is 0.127 e. The van der Waals surface area contributed by atoms with Crippen LogP contribution >= 0.6 is 0 Å². The van der Waals surface area contributed by atoms with Crippen LogP contribution in [0.15, 0.2) is 72.8 Å². The van der Waals surface area contributed by atoms with Gasteiger partial charge in [0.25, 0.3) is 0 Å². The van der Waals surface area contributed by atoms with Gasteiger partial charge in [-0.25, -0.2) is 0 Å². The predicted octanol–water partition coefficient (Wildman–Crippen LogP) is 5.11. The number of para-hydroxylation sites is 1. The van der Waals surface area contributed by atoms with Crippen molar-refractivity contribution in [2.75, 3.05) is 0 Å². The molecule has 0 aliphatic rings.